The van der Waals surface area contributed by atoms with Crippen molar-refractivity contribution < 1.29 is 9.53 Å². The lowest BCUT2D eigenvalue weighted by atomic mass is 10.0. The van der Waals surface area contributed by atoms with Gasteiger partial charge in [0.05, 0.1) is 18.3 Å². The Morgan fingerprint density at radius 3 is 2.64 bits per heavy atom. The highest BCUT2D eigenvalue weighted by Gasteiger charge is 2.18. The molecule has 8 heteroatoms. The van der Waals surface area contributed by atoms with E-state index in [1.807, 2.05) is 49.6 Å². The molecule has 0 unspecified atom stereocenters. The van der Waals surface area contributed by atoms with Crippen molar-refractivity contribution in [2.75, 3.05) is 20.1 Å². The summed E-state index contributed by atoms with van der Waals surface area (Å²) in [5.74, 6) is 0.764. The number of nitrogens with zero attached hydrogens (tertiary/aromatic N) is 6. The predicted molar refractivity (Wildman–Crippen MR) is 125 cm³/mol. The fraction of sp³-hybridized carbons (Fsp3) is 0.320. The lowest BCUT2D eigenvalue weighted by Crippen LogP contribution is -2.35. The van der Waals surface area contributed by atoms with Crippen LogP contribution in [-0.2, 0) is 13.5 Å². The van der Waals surface area contributed by atoms with Crippen molar-refractivity contribution in [3.8, 4) is 17.1 Å². The molecular formula is C25H26N6O2. The number of pyridine rings is 2. The first-order valence-corrected chi connectivity index (χ1v) is 11.1. The van der Waals surface area contributed by atoms with E-state index in [2.05, 4.69) is 32.2 Å². The number of hydrogen-bond acceptors (Lipinski definition) is 7. The number of likely N-dealkylation sites (tertiary alicyclic amines) is 1. The van der Waals surface area contributed by atoms with E-state index < -0.39 is 0 Å². The molecule has 33 heavy (non-hydrogen) atoms. The van der Waals surface area contributed by atoms with Crippen LogP contribution in [0.5, 0.6) is 5.75 Å². The van der Waals surface area contributed by atoms with Gasteiger partial charge in [0, 0.05) is 49.2 Å². The summed E-state index contributed by atoms with van der Waals surface area (Å²) in [5.41, 5.74) is 2.79. The molecule has 5 rings (SSSR count). The molecule has 168 valence electrons. The van der Waals surface area contributed by atoms with Crippen LogP contribution in [0.2, 0.25) is 0 Å². The first-order chi connectivity index (χ1) is 16.0. The maximum Gasteiger partial charge on any atom is 0.168 e. The van der Waals surface area contributed by atoms with Gasteiger partial charge in [0.25, 0.3) is 0 Å². The van der Waals surface area contributed by atoms with Crippen molar-refractivity contribution in [3.05, 3.63) is 66.2 Å². The molecule has 1 aromatic carbocycles. The number of carbonyl (C=O) groups excluding carboxylic acids is 1. The monoisotopic (exact) mass is 442 g/mol. The van der Waals surface area contributed by atoms with E-state index in [4.69, 9.17) is 4.74 Å². The summed E-state index contributed by atoms with van der Waals surface area (Å²) in [5, 5.41) is 9.96. The fourth-order valence-corrected chi connectivity index (χ4v) is 4.09. The largest absolute Gasteiger partial charge is 0.490 e. The van der Waals surface area contributed by atoms with Crippen molar-refractivity contribution in [1.82, 2.24) is 29.9 Å². The quantitative estimate of drug-likeness (QED) is 0.423. The number of carbonyl (C=O) groups is 1. The second-order valence-corrected chi connectivity index (χ2v) is 8.62. The van der Waals surface area contributed by atoms with Crippen LogP contribution < -0.4 is 4.74 Å². The second-order valence-electron chi connectivity index (χ2n) is 8.62. The van der Waals surface area contributed by atoms with Crippen LogP contribution >= 0.6 is 0 Å². The SMILES string of the molecule is CN1CCC(Oc2cccc(C(=O)Cc3cc4cc(-c5cn(C)nn5)ncc4cn3)c2)CC1. The van der Waals surface area contributed by atoms with Crippen LogP contribution in [0.3, 0.4) is 0 Å². The standard InChI is InChI=1S/C25H26N6O2/c1-30-8-6-21(7-9-30)33-22-5-3-4-17(11-22)25(32)13-20-10-18-12-23(24-16-31(2)29-28-24)27-15-19(18)14-26-20/h3-5,10-12,14-16,21H,6-9,13H2,1-2H3. The number of ketones is 1. The van der Waals surface area contributed by atoms with Crippen molar-refractivity contribution in [2.45, 2.75) is 25.4 Å². The lowest BCUT2D eigenvalue weighted by molar-refractivity contribution is 0.0988. The van der Waals surface area contributed by atoms with Crippen LogP contribution in [0.15, 0.2) is 55.0 Å². The number of hydrogen-bond donors (Lipinski definition) is 0. The molecule has 0 aliphatic carbocycles. The first kappa shape index (κ1) is 21.2. The van der Waals surface area contributed by atoms with Crippen molar-refractivity contribution in [3.63, 3.8) is 0 Å². The highest BCUT2D eigenvalue weighted by Crippen LogP contribution is 2.23. The Balaban J connectivity index is 1.31. The summed E-state index contributed by atoms with van der Waals surface area (Å²) in [6, 6.07) is 11.4. The highest BCUT2D eigenvalue weighted by atomic mass is 16.5. The van der Waals surface area contributed by atoms with Gasteiger partial charge in [-0.3, -0.25) is 19.4 Å². The molecule has 0 spiro atoms. The Morgan fingerprint density at radius 2 is 1.85 bits per heavy atom. The summed E-state index contributed by atoms with van der Waals surface area (Å²) in [6.07, 6.45) is 7.76. The Hall–Kier alpha value is -3.65. The normalized spacial score (nSPS) is 15.1. The minimum absolute atomic E-state index is 0.0129. The Kier molecular flexibility index (Phi) is 5.83. The van der Waals surface area contributed by atoms with E-state index in [-0.39, 0.29) is 18.3 Å². The zero-order chi connectivity index (χ0) is 22.8. The van der Waals surface area contributed by atoms with Gasteiger partial charge >= 0.3 is 0 Å². The summed E-state index contributed by atoms with van der Waals surface area (Å²) < 4.78 is 7.79. The maximum absolute atomic E-state index is 13.0. The van der Waals surface area contributed by atoms with Gasteiger partial charge in [-0.25, -0.2) is 0 Å². The third kappa shape index (κ3) is 4.90. The summed E-state index contributed by atoms with van der Waals surface area (Å²) in [4.78, 5) is 24.2. The number of rotatable bonds is 6. The van der Waals surface area contributed by atoms with Crippen molar-refractivity contribution >= 4 is 16.6 Å². The van der Waals surface area contributed by atoms with Gasteiger partial charge in [0.1, 0.15) is 17.5 Å². The van der Waals surface area contributed by atoms with Gasteiger partial charge < -0.3 is 9.64 Å². The van der Waals surface area contributed by atoms with E-state index in [1.54, 1.807) is 17.1 Å². The third-order valence-corrected chi connectivity index (χ3v) is 5.99. The average Bonchev–Trinajstić information content (AvgIpc) is 3.26. The molecule has 4 aromatic rings. The minimum Gasteiger partial charge on any atom is -0.490 e. The zero-order valence-electron chi connectivity index (χ0n) is 18.8. The summed E-state index contributed by atoms with van der Waals surface area (Å²) in [6.45, 7) is 2.07. The van der Waals surface area contributed by atoms with Gasteiger partial charge in [0.15, 0.2) is 5.78 Å². The number of benzene rings is 1. The molecule has 0 atom stereocenters. The minimum atomic E-state index is 0.0129. The van der Waals surface area contributed by atoms with E-state index in [1.165, 1.54) is 0 Å². The third-order valence-electron chi connectivity index (χ3n) is 5.99. The number of Topliss-reactive ketones (excluding diaryl/α,β-unsaturated/α-hetero) is 1. The summed E-state index contributed by atoms with van der Waals surface area (Å²) in [7, 11) is 3.95. The smallest absolute Gasteiger partial charge is 0.168 e. The Labute approximate surface area is 192 Å². The molecule has 1 aliphatic rings. The average molecular weight is 443 g/mol. The van der Waals surface area contributed by atoms with Crippen LogP contribution in [0, 0.1) is 0 Å². The second kappa shape index (κ2) is 9.07. The van der Waals surface area contributed by atoms with E-state index in [9.17, 15) is 4.79 Å². The van der Waals surface area contributed by atoms with Crippen LogP contribution in [-0.4, -0.2) is 61.9 Å². The molecule has 0 saturated carbocycles. The number of aromatic nitrogens is 5. The number of fused-ring (bicyclic) bond motifs is 1. The molecule has 0 amide bonds. The molecule has 0 radical (unpaired) electrons. The highest BCUT2D eigenvalue weighted by molar-refractivity contribution is 5.98. The van der Waals surface area contributed by atoms with E-state index >= 15 is 0 Å². The Morgan fingerprint density at radius 1 is 1.03 bits per heavy atom. The number of piperidine rings is 1. The van der Waals surface area contributed by atoms with Crippen LogP contribution in [0.1, 0.15) is 28.9 Å². The van der Waals surface area contributed by atoms with Gasteiger partial charge in [-0.05, 0) is 49.5 Å². The molecular weight excluding hydrogens is 416 g/mol. The van der Waals surface area contributed by atoms with Gasteiger partial charge in [-0.15, -0.1) is 5.10 Å². The molecule has 8 nitrogen and oxygen atoms in total. The van der Waals surface area contributed by atoms with Gasteiger partial charge in [-0.1, -0.05) is 17.3 Å². The van der Waals surface area contributed by atoms with Gasteiger partial charge in [0.2, 0.25) is 0 Å². The van der Waals surface area contributed by atoms with E-state index in [0.29, 0.717) is 17.0 Å². The fourth-order valence-electron chi connectivity index (χ4n) is 4.09. The molecule has 4 heterocycles. The molecule has 1 saturated heterocycles. The molecule has 1 aliphatic heterocycles. The number of ether oxygens (including phenoxy) is 1. The molecule has 1 fully saturated rings. The molecule has 0 N–H and O–H groups in total. The topological polar surface area (TPSA) is 86.0 Å². The first-order valence-electron chi connectivity index (χ1n) is 11.1. The lowest BCUT2D eigenvalue weighted by Gasteiger charge is -2.29. The van der Waals surface area contributed by atoms with Crippen molar-refractivity contribution in [1.29, 1.82) is 0 Å². The predicted octanol–water partition coefficient (Wildman–Crippen LogP) is 3.32. The van der Waals surface area contributed by atoms with Crippen molar-refractivity contribution in [2.24, 2.45) is 7.05 Å². The van der Waals surface area contributed by atoms with Gasteiger partial charge in [-0.2, -0.15) is 0 Å². The zero-order valence-corrected chi connectivity index (χ0v) is 18.8. The molecule has 0 bridgehead atoms. The van der Waals surface area contributed by atoms with Crippen LogP contribution in [0.25, 0.3) is 22.2 Å². The maximum atomic E-state index is 13.0. The molecule has 3 aromatic heterocycles. The van der Waals surface area contributed by atoms with Crippen LogP contribution in [0.4, 0.5) is 0 Å². The Bertz CT molecular complexity index is 1290. The van der Waals surface area contributed by atoms with E-state index in [0.717, 1.165) is 48.1 Å². The number of aryl methyl sites for hydroxylation is 1. The summed E-state index contributed by atoms with van der Waals surface area (Å²) >= 11 is 0.